The summed E-state index contributed by atoms with van der Waals surface area (Å²) >= 11 is 0. The molecule has 3 aromatic rings. The first-order chi connectivity index (χ1) is 17.6. The Morgan fingerprint density at radius 3 is 2.68 bits per heavy atom. The van der Waals surface area contributed by atoms with E-state index in [1.54, 1.807) is 28.4 Å². The average Bonchev–Trinajstić information content (AvgIpc) is 3.20. The van der Waals surface area contributed by atoms with Crippen molar-refractivity contribution < 1.29 is 18.7 Å². The van der Waals surface area contributed by atoms with Crippen LogP contribution in [0.2, 0.25) is 0 Å². The maximum Gasteiger partial charge on any atom is 0.308 e. The summed E-state index contributed by atoms with van der Waals surface area (Å²) in [6, 6.07) is 7.01. The number of likely N-dealkylation sites (tertiary alicyclic amines) is 1. The smallest absolute Gasteiger partial charge is 0.308 e. The molecule has 198 valence electrons. The van der Waals surface area contributed by atoms with E-state index >= 15 is 0 Å². The molecule has 1 aliphatic rings. The Hall–Kier alpha value is -3.47. The summed E-state index contributed by atoms with van der Waals surface area (Å²) in [7, 11) is 1.76. The molecule has 1 fully saturated rings. The molecular weight excluding hydrogens is 482 g/mol. The standard InChI is InChI=1S/C26H32F2N6O3/c1-4-6-17-7-10-23(35)34(12-17)15-22-24(30-31-32(22)3)21-9-8-18(20(5-2)29-21)13-33-14-19(25(36)37)11-26(27,28)16-33/h7-10,12,19H,4-6,11,13-16H2,1-3H3,(H,36,37)/t19-/m1/s1. The highest BCUT2D eigenvalue weighted by Gasteiger charge is 2.43. The van der Waals surface area contributed by atoms with Gasteiger partial charge in [-0.3, -0.25) is 19.5 Å². The highest BCUT2D eigenvalue weighted by atomic mass is 19.3. The third-order valence-corrected chi connectivity index (χ3v) is 6.71. The summed E-state index contributed by atoms with van der Waals surface area (Å²) in [6.45, 7) is 4.05. The normalized spacial score (nSPS) is 17.7. The van der Waals surface area contributed by atoms with E-state index in [4.69, 9.17) is 4.98 Å². The Labute approximate surface area is 213 Å². The zero-order chi connectivity index (χ0) is 26.7. The van der Waals surface area contributed by atoms with E-state index < -0.39 is 30.8 Å². The Balaban J connectivity index is 1.61. The van der Waals surface area contributed by atoms with Gasteiger partial charge >= 0.3 is 5.97 Å². The van der Waals surface area contributed by atoms with Crippen LogP contribution >= 0.6 is 0 Å². The molecule has 0 saturated carbocycles. The third kappa shape index (κ3) is 6.10. The van der Waals surface area contributed by atoms with E-state index in [0.29, 0.717) is 17.8 Å². The topological polar surface area (TPSA) is 106 Å². The van der Waals surface area contributed by atoms with Crippen LogP contribution in [0.4, 0.5) is 8.78 Å². The first kappa shape index (κ1) is 26.6. The van der Waals surface area contributed by atoms with Gasteiger partial charge in [-0.25, -0.2) is 13.5 Å². The van der Waals surface area contributed by atoms with Gasteiger partial charge in [-0.05, 0) is 30.0 Å². The summed E-state index contributed by atoms with van der Waals surface area (Å²) < 4.78 is 31.6. The van der Waals surface area contributed by atoms with Crippen molar-refractivity contribution in [3.63, 3.8) is 0 Å². The van der Waals surface area contributed by atoms with Crippen molar-refractivity contribution in [1.82, 2.24) is 29.4 Å². The van der Waals surface area contributed by atoms with Gasteiger partial charge in [-0.15, -0.1) is 5.10 Å². The van der Waals surface area contributed by atoms with Gasteiger partial charge in [0.15, 0.2) is 0 Å². The molecule has 0 unspecified atom stereocenters. The fourth-order valence-corrected chi connectivity index (χ4v) is 4.89. The number of halogens is 2. The average molecular weight is 515 g/mol. The lowest BCUT2D eigenvalue weighted by molar-refractivity contribution is -0.153. The van der Waals surface area contributed by atoms with Crippen molar-refractivity contribution >= 4 is 5.97 Å². The van der Waals surface area contributed by atoms with Crippen LogP contribution in [0.1, 0.15) is 49.2 Å². The van der Waals surface area contributed by atoms with Crippen LogP contribution in [-0.2, 0) is 37.8 Å². The second-order valence-electron chi connectivity index (χ2n) is 9.68. The maximum atomic E-state index is 14.2. The van der Waals surface area contributed by atoms with Crippen LogP contribution < -0.4 is 5.56 Å². The number of aryl methyl sites for hydroxylation is 3. The van der Waals surface area contributed by atoms with E-state index in [0.717, 1.165) is 35.4 Å². The second-order valence-corrected chi connectivity index (χ2v) is 9.68. The molecule has 37 heavy (non-hydrogen) atoms. The van der Waals surface area contributed by atoms with Crippen molar-refractivity contribution in [3.05, 3.63) is 63.3 Å². The number of hydrogen-bond acceptors (Lipinski definition) is 6. The highest BCUT2D eigenvalue weighted by Crippen LogP contribution is 2.32. The zero-order valence-corrected chi connectivity index (χ0v) is 21.3. The number of aromatic nitrogens is 5. The molecule has 1 aliphatic heterocycles. The highest BCUT2D eigenvalue weighted by molar-refractivity contribution is 5.70. The van der Waals surface area contributed by atoms with Gasteiger partial charge in [-0.1, -0.05) is 37.6 Å². The third-order valence-electron chi connectivity index (χ3n) is 6.71. The molecule has 0 bridgehead atoms. The summed E-state index contributed by atoms with van der Waals surface area (Å²) in [5.41, 5.74) is 4.28. The number of piperidine rings is 1. The fraction of sp³-hybridized carbons (Fsp3) is 0.500. The van der Waals surface area contributed by atoms with Gasteiger partial charge in [0, 0.05) is 44.5 Å². The van der Waals surface area contributed by atoms with Gasteiger partial charge in [0.25, 0.3) is 11.5 Å². The molecule has 3 aromatic heterocycles. The summed E-state index contributed by atoms with van der Waals surface area (Å²) in [5.74, 6) is -5.37. The predicted molar refractivity (Wildman–Crippen MR) is 133 cm³/mol. The predicted octanol–water partition coefficient (Wildman–Crippen LogP) is 3.14. The van der Waals surface area contributed by atoms with E-state index in [1.165, 1.54) is 4.90 Å². The number of hydrogen-bond donors (Lipinski definition) is 1. The molecule has 0 aliphatic carbocycles. The van der Waals surface area contributed by atoms with Crippen molar-refractivity contribution in [2.45, 2.75) is 58.5 Å². The number of nitrogens with zero attached hydrogens (tertiary/aromatic N) is 6. The molecule has 11 heteroatoms. The van der Waals surface area contributed by atoms with Crippen LogP contribution in [0.3, 0.4) is 0 Å². The molecule has 0 radical (unpaired) electrons. The lowest BCUT2D eigenvalue weighted by atomic mass is 9.94. The maximum absolute atomic E-state index is 14.2. The molecule has 1 saturated heterocycles. The number of alkyl halides is 2. The van der Waals surface area contributed by atoms with Crippen LogP contribution in [-0.4, -0.2) is 59.5 Å². The Bertz CT molecular complexity index is 1340. The van der Waals surface area contributed by atoms with Gasteiger partial charge in [0.1, 0.15) is 5.69 Å². The first-order valence-electron chi connectivity index (χ1n) is 12.5. The van der Waals surface area contributed by atoms with Crippen molar-refractivity contribution in [2.75, 3.05) is 13.1 Å². The fourth-order valence-electron chi connectivity index (χ4n) is 4.89. The Morgan fingerprint density at radius 2 is 1.97 bits per heavy atom. The SMILES string of the molecule is CCCc1ccc(=O)n(Cc2c(-c3ccc(CN4C[C@H](C(=O)O)CC(F)(F)C4)c(CC)n3)nnn2C)c1. The van der Waals surface area contributed by atoms with Crippen molar-refractivity contribution in [2.24, 2.45) is 13.0 Å². The van der Waals surface area contributed by atoms with Gasteiger partial charge in [0.2, 0.25) is 0 Å². The minimum atomic E-state index is -3.05. The number of carbonyl (C=O) groups is 1. The van der Waals surface area contributed by atoms with Crippen LogP contribution in [0.25, 0.3) is 11.4 Å². The quantitative estimate of drug-likeness (QED) is 0.468. The minimum absolute atomic E-state index is 0.0655. The van der Waals surface area contributed by atoms with Crippen molar-refractivity contribution in [3.8, 4) is 11.4 Å². The molecule has 9 nitrogen and oxygen atoms in total. The molecule has 0 spiro atoms. The Morgan fingerprint density at radius 1 is 1.19 bits per heavy atom. The molecular formula is C26H32F2N6O3. The lowest BCUT2D eigenvalue weighted by Crippen LogP contribution is -2.48. The molecule has 4 rings (SSSR count). The molecule has 1 atom stereocenters. The number of aliphatic carboxylic acids is 1. The van der Waals surface area contributed by atoms with Crippen LogP contribution in [0.15, 0.2) is 35.3 Å². The number of rotatable bonds is 9. The minimum Gasteiger partial charge on any atom is -0.481 e. The largest absolute Gasteiger partial charge is 0.481 e. The Kier molecular flexibility index (Phi) is 7.82. The van der Waals surface area contributed by atoms with E-state index in [-0.39, 0.29) is 25.2 Å². The molecule has 1 N–H and O–H groups in total. The van der Waals surface area contributed by atoms with E-state index in [1.807, 2.05) is 25.3 Å². The van der Waals surface area contributed by atoms with E-state index in [9.17, 15) is 23.5 Å². The van der Waals surface area contributed by atoms with Crippen LogP contribution in [0, 0.1) is 5.92 Å². The van der Waals surface area contributed by atoms with Crippen LogP contribution in [0.5, 0.6) is 0 Å². The van der Waals surface area contributed by atoms with E-state index in [2.05, 4.69) is 17.2 Å². The van der Waals surface area contributed by atoms with Gasteiger partial charge in [0.05, 0.1) is 30.4 Å². The molecule has 4 heterocycles. The lowest BCUT2D eigenvalue weighted by Gasteiger charge is -2.36. The number of carboxylic acids is 1. The number of pyridine rings is 2. The number of carboxylic acid groups (broad SMARTS) is 1. The van der Waals surface area contributed by atoms with Gasteiger partial charge < -0.3 is 9.67 Å². The first-order valence-corrected chi connectivity index (χ1v) is 12.5. The summed E-state index contributed by atoms with van der Waals surface area (Å²) in [6.07, 6.45) is 3.62. The summed E-state index contributed by atoms with van der Waals surface area (Å²) in [4.78, 5) is 30.2. The monoisotopic (exact) mass is 514 g/mol. The zero-order valence-electron chi connectivity index (χ0n) is 21.3. The second kappa shape index (κ2) is 10.9. The van der Waals surface area contributed by atoms with Gasteiger partial charge in [-0.2, -0.15) is 0 Å². The summed E-state index contributed by atoms with van der Waals surface area (Å²) in [5, 5.41) is 17.8. The molecule has 0 amide bonds. The molecule has 0 aromatic carbocycles. The van der Waals surface area contributed by atoms with Crippen molar-refractivity contribution in [1.29, 1.82) is 0 Å².